The molecule has 184 valence electrons. The summed E-state index contributed by atoms with van der Waals surface area (Å²) in [6.45, 7) is 5.65. The lowest BCUT2D eigenvalue weighted by molar-refractivity contribution is -0.0603. The number of hydrogen-bond donors (Lipinski definition) is 3. The van der Waals surface area contributed by atoms with Crippen LogP contribution < -0.4 is 14.8 Å². The predicted molar refractivity (Wildman–Crippen MR) is 134 cm³/mol. The molecule has 0 fully saturated rings. The summed E-state index contributed by atoms with van der Waals surface area (Å²) in [7, 11) is -3.95. The van der Waals surface area contributed by atoms with E-state index in [0.29, 0.717) is 29.8 Å². The van der Waals surface area contributed by atoms with Crippen LogP contribution in [0, 0.1) is 6.92 Å². The van der Waals surface area contributed by atoms with Gasteiger partial charge in [-0.25, -0.2) is 13.1 Å². The molecule has 8 heteroatoms. The van der Waals surface area contributed by atoms with Gasteiger partial charge in [0.25, 0.3) is 5.91 Å². The number of fused-ring (bicyclic) bond motifs is 1. The van der Waals surface area contributed by atoms with Crippen LogP contribution in [0.3, 0.4) is 0 Å². The van der Waals surface area contributed by atoms with Gasteiger partial charge in [-0.1, -0.05) is 42.5 Å². The second-order valence-electron chi connectivity index (χ2n) is 9.31. The first-order valence-electron chi connectivity index (χ1n) is 11.5. The zero-order chi connectivity index (χ0) is 25.2. The number of aliphatic hydroxyl groups excluding tert-OH is 1. The van der Waals surface area contributed by atoms with Gasteiger partial charge in [-0.2, -0.15) is 0 Å². The first kappa shape index (κ1) is 24.9. The Labute approximate surface area is 206 Å². The first-order valence-corrected chi connectivity index (χ1v) is 13.0. The van der Waals surface area contributed by atoms with Gasteiger partial charge in [0.05, 0.1) is 10.9 Å². The van der Waals surface area contributed by atoms with E-state index in [1.807, 2.05) is 43.3 Å². The van der Waals surface area contributed by atoms with Crippen molar-refractivity contribution >= 4 is 15.9 Å². The minimum Gasteiger partial charge on any atom is -0.485 e. The summed E-state index contributed by atoms with van der Waals surface area (Å²) in [6, 6.07) is 20.2. The van der Waals surface area contributed by atoms with E-state index in [-0.39, 0.29) is 10.8 Å². The molecule has 1 amide bonds. The van der Waals surface area contributed by atoms with Crippen LogP contribution in [0.2, 0.25) is 0 Å². The Morgan fingerprint density at radius 1 is 1.03 bits per heavy atom. The number of rotatable bonds is 7. The number of hydrogen-bond acceptors (Lipinski definition) is 5. The number of aliphatic hydroxyl groups is 1. The molecule has 1 heterocycles. The van der Waals surface area contributed by atoms with Crippen molar-refractivity contribution in [2.45, 2.75) is 49.8 Å². The molecule has 0 radical (unpaired) electrons. The summed E-state index contributed by atoms with van der Waals surface area (Å²) in [5, 5.41) is 13.9. The highest BCUT2D eigenvalue weighted by Gasteiger charge is 2.44. The largest absolute Gasteiger partial charge is 0.485 e. The highest BCUT2D eigenvalue weighted by molar-refractivity contribution is 7.89. The van der Waals surface area contributed by atoms with Crippen molar-refractivity contribution in [3.63, 3.8) is 0 Å². The van der Waals surface area contributed by atoms with Gasteiger partial charge >= 0.3 is 0 Å². The van der Waals surface area contributed by atoms with Crippen LogP contribution in [-0.4, -0.2) is 37.7 Å². The van der Waals surface area contributed by atoms with Crippen molar-refractivity contribution in [2.75, 3.05) is 6.54 Å². The van der Waals surface area contributed by atoms with Crippen LogP contribution in [0.15, 0.2) is 77.7 Å². The highest BCUT2D eigenvalue weighted by Crippen LogP contribution is 2.41. The molecule has 0 saturated carbocycles. The molecule has 7 nitrogen and oxygen atoms in total. The highest BCUT2D eigenvalue weighted by atomic mass is 32.2. The molecule has 4 rings (SSSR count). The molecule has 2 atom stereocenters. The molecule has 0 unspecified atom stereocenters. The SMILES string of the molecule is Cc1cccc(S(=O)(=O)N[C@@H]2c3cc(C(=O)NCCc4ccccc4)ccc3OC(C)(C)[C@H]2O)c1. The van der Waals surface area contributed by atoms with Gasteiger partial charge < -0.3 is 15.2 Å². The normalized spacial score (nSPS) is 18.9. The maximum atomic E-state index is 13.2. The zero-order valence-corrected chi connectivity index (χ0v) is 20.8. The topological polar surface area (TPSA) is 105 Å². The lowest BCUT2D eigenvalue weighted by Crippen LogP contribution is -2.53. The van der Waals surface area contributed by atoms with Gasteiger partial charge in [-0.15, -0.1) is 0 Å². The van der Waals surface area contributed by atoms with Crippen molar-refractivity contribution in [1.29, 1.82) is 0 Å². The van der Waals surface area contributed by atoms with E-state index < -0.39 is 27.8 Å². The number of aryl methyl sites for hydroxylation is 1. The summed E-state index contributed by atoms with van der Waals surface area (Å²) in [5.41, 5.74) is 1.63. The summed E-state index contributed by atoms with van der Waals surface area (Å²) in [5.74, 6) is 0.126. The average molecular weight is 495 g/mol. The molecule has 1 aliphatic rings. The lowest BCUT2D eigenvalue weighted by atomic mass is 9.86. The molecule has 3 N–H and O–H groups in total. The van der Waals surface area contributed by atoms with Crippen LogP contribution in [0.5, 0.6) is 5.75 Å². The van der Waals surface area contributed by atoms with E-state index in [4.69, 9.17) is 4.74 Å². The van der Waals surface area contributed by atoms with Crippen molar-refractivity contribution in [3.05, 3.63) is 95.1 Å². The fourth-order valence-corrected chi connectivity index (χ4v) is 5.48. The number of amides is 1. The molecule has 3 aromatic carbocycles. The van der Waals surface area contributed by atoms with Gasteiger partial charge in [0.15, 0.2) is 0 Å². The zero-order valence-electron chi connectivity index (χ0n) is 20.0. The number of nitrogens with one attached hydrogen (secondary N) is 2. The monoisotopic (exact) mass is 494 g/mol. The van der Waals surface area contributed by atoms with Crippen LogP contribution in [0.25, 0.3) is 0 Å². The fourth-order valence-electron chi connectivity index (χ4n) is 4.15. The third-order valence-corrected chi connectivity index (χ3v) is 7.57. The lowest BCUT2D eigenvalue weighted by Gasteiger charge is -2.42. The maximum Gasteiger partial charge on any atom is 0.251 e. The maximum absolute atomic E-state index is 13.2. The minimum absolute atomic E-state index is 0.102. The Morgan fingerprint density at radius 3 is 2.49 bits per heavy atom. The summed E-state index contributed by atoms with van der Waals surface area (Å²) in [4.78, 5) is 12.9. The van der Waals surface area contributed by atoms with E-state index in [1.165, 1.54) is 6.07 Å². The van der Waals surface area contributed by atoms with Gasteiger partial charge in [0, 0.05) is 17.7 Å². The summed E-state index contributed by atoms with van der Waals surface area (Å²) >= 11 is 0. The first-order chi connectivity index (χ1) is 16.6. The van der Waals surface area contributed by atoms with Crippen LogP contribution >= 0.6 is 0 Å². The third-order valence-electron chi connectivity index (χ3n) is 6.13. The van der Waals surface area contributed by atoms with Gasteiger partial charge in [-0.05, 0) is 68.7 Å². The molecule has 3 aromatic rings. The van der Waals surface area contributed by atoms with Crippen molar-refractivity contribution < 1.29 is 23.1 Å². The summed E-state index contributed by atoms with van der Waals surface area (Å²) < 4.78 is 34.9. The quantitative estimate of drug-likeness (QED) is 0.466. The Balaban J connectivity index is 1.59. The van der Waals surface area contributed by atoms with E-state index in [2.05, 4.69) is 10.0 Å². The molecular formula is C27H30N2O5S. The molecule has 0 aromatic heterocycles. The van der Waals surface area contributed by atoms with Crippen LogP contribution in [-0.2, 0) is 16.4 Å². The van der Waals surface area contributed by atoms with E-state index >= 15 is 0 Å². The fraction of sp³-hybridized carbons (Fsp3) is 0.296. The van der Waals surface area contributed by atoms with Crippen molar-refractivity contribution in [3.8, 4) is 5.75 Å². The average Bonchev–Trinajstić information content (AvgIpc) is 2.82. The van der Waals surface area contributed by atoms with Gasteiger partial charge in [-0.3, -0.25) is 4.79 Å². The number of carbonyl (C=O) groups is 1. The molecule has 0 saturated heterocycles. The molecule has 35 heavy (non-hydrogen) atoms. The molecular weight excluding hydrogens is 464 g/mol. The Morgan fingerprint density at radius 2 is 1.77 bits per heavy atom. The number of ether oxygens (including phenoxy) is 1. The number of sulfonamides is 1. The Hall–Kier alpha value is -3.20. The smallest absolute Gasteiger partial charge is 0.251 e. The predicted octanol–water partition coefficient (Wildman–Crippen LogP) is 3.52. The Kier molecular flexibility index (Phi) is 6.98. The van der Waals surface area contributed by atoms with E-state index in [1.54, 1.807) is 44.2 Å². The minimum atomic E-state index is -3.95. The standard InChI is InChI=1S/C27H30N2O5S/c1-18-8-7-11-21(16-18)35(32,33)29-24-22-17-20(12-13-23(22)34-27(2,3)25(24)30)26(31)28-15-14-19-9-5-4-6-10-19/h4-13,16-17,24-25,29-30H,14-15H2,1-3H3,(H,28,31)/t24-,25+/m1/s1. The molecule has 0 aliphatic carbocycles. The second kappa shape index (κ2) is 9.81. The van der Waals surface area contributed by atoms with Crippen molar-refractivity contribution in [1.82, 2.24) is 10.0 Å². The molecule has 1 aliphatic heterocycles. The number of benzene rings is 3. The molecule has 0 bridgehead atoms. The third kappa shape index (κ3) is 5.56. The van der Waals surface area contributed by atoms with Gasteiger partial charge in [0.1, 0.15) is 17.5 Å². The summed E-state index contributed by atoms with van der Waals surface area (Å²) in [6.07, 6.45) is -0.502. The van der Waals surface area contributed by atoms with Crippen molar-refractivity contribution in [2.24, 2.45) is 0 Å². The van der Waals surface area contributed by atoms with Crippen LogP contribution in [0.4, 0.5) is 0 Å². The van der Waals surface area contributed by atoms with Crippen LogP contribution in [0.1, 0.15) is 46.9 Å². The Bertz CT molecular complexity index is 1320. The van der Waals surface area contributed by atoms with Gasteiger partial charge in [0.2, 0.25) is 10.0 Å². The van der Waals surface area contributed by atoms with E-state index in [0.717, 1.165) is 11.1 Å². The second-order valence-corrected chi connectivity index (χ2v) is 11.0. The number of carbonyl (C=O) groups excluding carboxylic acids is 1. The molecule has 0 spiro atoms. The van der Waals surface area contributed by atoms with E-state index in [9.17, 15) is 18.3 Å².